The van der Waals surface area contributed by atoms with Crippen LogP contribution in [-0.2, 0) is 0 Å². The molecule has 4 nitrogen and oxygen atoms in total. The van der Waals surface area contributed by atoms with Crippen LogP contribution in [0.2, 0.25) is 0 Å². The van der Waals surface area contributed by atoms with E-state index in [1.807, 2.05) is 0 Å². The zero-order valence-corrected chi connectivity index (χ0v) is 15.1. The van der Waals surface area contributed by atoms with E-state index in [1.54, 1.807) is 4.90 Å². The van der Waals surface area contributed by atoms with E-state index in [4.69, 9.17) is 11.5 Å². The van der Waals surface area contributed by atoms with E-state index in [0.29, 0.717) is 12.0 Å². The van der Waals surface area contributed by atoms with Crippen molar-refractivity contribution in [3.05, 3.63) is 0 Å². The molecule has 1 aliphatic heterocycles. The highest BCUT2D eigenvalue weighted by Gasteiger charge is 2.38. The number of nitrogens with one attached hydrogen (secondary N) is 2. The fraction of sp³-hybridized carbons (Fsp3) is 1.00. The Morgan fingerprint density at radius 2 is 1.83 bits per heavy atom. The van der Waals surface area contributed by atoms with Crippen LogP contribution in [0.5, 0.6) is 0 Å². The quantitative estimate of drug-likeness (QED) is 0.567. The minimum atomic E-state index is 0.0902. The second-order valence-electron chi connectivity index (χ2n) is 8.58. The zero-order valence-electron chi connectivity index (χ0n) is 15.1. The van der Waals surface area contributed by atoms with E-state index in [-0.39, 0.29) is 6.17 Å². The van der Waals surface area contributed by atoms with Crippen LogP contribution < -0.4 is 21.7 Å². The Kier molecular flexibility index (Phi) is 6.36. The molecule has 4 heteroatoms. The molecule has 23 heavy (non-hydrogen) atoms. The summed E-state index contributed by atoms with van der Waals surface area (Å²) >= 11 is 0. The van der Waals surface area contributed by atoms with E-state index in [1.165, 1.54) is 70.8 Å². The third-order valence-corrected chi connectivity index (χ3v) is 7.22. The van der Waals surface area contributed by atoms with Gasteiger partial charge in [0, 0.05) is 37.8 Å². The summed E-state index contributed by atoms with van der Waals surface area (Å²) < 4.78 is 0. The van der Waals surface area contributed by atoms with Crippen molar-refractivity contribution >= 4 is 0 Å². The maximum absolute atomic E-state index is 6.73. The molecular weight excluding hydrogens is 284 g/mol. The monoisotopic (exact) mass is 323 g/mol. The Labute approximate surface area is 142 Å². The molecule has 0 aromatic heterocycles. The highest BCUT2D eigenvalue weighted by atomic mass is 15.1. The number of rotatable bonds is 5. The van der Waals surface area contributed by atoms with Crippen molar-refractivity contribution in [1.29, 1.82) is 0 Å². The number of likely N-dealkylation sites (tertiary alicyclic amines) is 1. The third-order valence-electron chi connectivity index (χ3n) is 7.22. The lowest BCUT2D eigenvalue weighted by Gasteiger charge is -2.38. The first-order valence-corrected chi connectivity index (χ1v) is 10.2. The van der Waals surface area contributed by atoms with E-state index in [0.717, 1.165) is 24.4 Å². The van der Waals surface area contributed by atoms with Gasteiger partial charge in [0.25, 0.3) is 0 Å². The van der Waals surface area contributed by atoms with Gasteiger partial charge in [-0.2, -0.15) is 0 Å². The lowest BCUT2D eigenvalue weighted by Crippen LogP contribution is -3.10. The normalized spacial score (nSPS) is 42.9. The molecule has 0 radical (unpaired) electrons. The van der Waals surface area contributed by atoms with Crippen LogP contribution in [-0.4, -0.2) is 38.4 Å². The summed E-state index contributed by atoms with van der Waals surface area (Å²) in [6, 6.07) is 1.14. The number of quaternary nitrogens is 1. The summed E-state index contributed by atoms with van der Waals surface area (Å²) in [6.45, 7) is 2.40. The Morgan fingerprint density at radius 3 is 2.61 bits per heavy atom. The summed E-state index contributed by atoms with van der Waals surface area (Å²) in [4.78, 5) is 1.71. The summed E-state index contributed by atoms with van der Waals surface area (Å²) in [7, 11) is 2.34. The van der Waals surface area contributed by atoms with Gasteiger partial charge in [0.2, 0.25) is 0 Å². The van der Waals surface area contributed by atoms with Gasteiger partial charge in [0.15, 0.2) is 0 Å². The minimum absolute atomic E-state index is 0.0902. The maximum atomic E-state index is 6.73. The van der Waals surface area contributed by atoms with Crippen LogP contribution >= 0.6 is 0 Å². The predicted molar refractivity (Wildman–Crippen MR) is 96.1 cm³/mol. The molecule has 1 saturated heterocycles. The van der Waals surface area contributed by atoms with Crippen LogP contribution in [0, 0.1) is 17.8 Å². The smallest absolute Gasteiger partial charge is 0.0887 e. The van der Waals surface area contributed by atoms with Crippen molar-refractivity contribution in [3.8, 4) is 0 Å². The average molecular weight is 324 g/mol. The first-order valence-electron chi connectivity index (χ1n) is 10.2. The molecule has 0 spiro atoms. The SMILES string of the molecule is C[NH+]1CCCC1CCNC(N)C1CCCC2CCCCC2C1N. The molecule has 6 N–H and O–H groups in total. The van der Waals surface area contributed by atoms with Crippen LogP contribution in [0.4, 0.5) is 0 Å². The van der Waals surface area contributed by atoms with Crippen molar-refractivity contribution in [2.75, 3.05) is 20.1 Å². The number of fused-ring (bicyclic) bond motifs is 1. The Hall–Kier alpha value is -0.160. The molecule has 3 rings (SSSR count). The molecule has 3 fully saturated rings. The topological polar surface area (TPSA) is 68.5 Å². The van der Waals surface area contributed by atoms with Crippen molar-refractivity contribution in [2.45, 2.75) is 82.5 Å². The molecule has 2 aliphatic carbocycles. The van der Waals surface area contributed by atoms with Crippen LogP contribution in [0.25, 0.3) is 0 Å². The minimum Gasteiger partial charge on any atom is -0.335 e. The lowest BCUT2D eigenvalue weighted by atomic mass is 9.72. The van der Waals surface area contributed by atoms with Crippen molar-refractivity contribution in [1.82, 2.24) is 5.32 Å². The van der Waals surface area contributed by atoms with Gasteiger partial charge < -0.3 is 21.7 Å². The first-order chi connectivity index (χ1) is 11.2. The van der Waals surface area contributed by atoms with Gasteiger partial charge in [0.05, 0.1) is 25.8 Å². The molecule has 7 atom stereocenters. The molecule has 1 heterocycles. The van der Waals surface area contributed by atoms with E-state index >= 15 is 0 Å². The van der Waals surface area contributed by atoms with Gasteiger partial charge in [-0.25, -0.2) is 0 Å². The average Bonchev–Trinajstić information content (AvgIpc) is 2.88. The highest BCUT2D eigenvalue weighted by molar-refractivity contribution is 4.93. The van der Waals surface area contributed by atoms with Crippen molar-refractivity contribution < 1.29 is 4.90 Å². The standard InChI is InChI=1S/C19H38N4/c1-23-13-5-8-15(23)11-12-22-19(21)17-10-4-7-14-6-2-3-9-16(14)18(17)20/h14-19,22H,2-13,20-21H2,1H3/p+1. The largest absolute Gasteiger partial charge is 0.335 e. The van der Waals surface area contributed by atoms with Crippen molar-refractivity contribution in [3.63, 3.8) is 0 Å². The summed E-state index contributed by atoms with van der Waals surface area (Å²) in [5.41, 5.74) is 13.3. The molecule has 0 amide bonds. The first kappa shape index (κ1) is 17.7. The summed E-state index contributed by atoms with van der Waals surface area (Å²) in [6.07, 6.45) is 13.6. The Balaban J connectivity index is 1.48. The molecular formula is C19H39N4+. The molecule has 0 aromatic rings. The van der Waals surface area contributed by atoms with Crippen LogP contribution in [0.3, 0.4) is 0 Å². The van der Waals surface area contributed by atoms with Gasteiger partial charge >= 0.3 is 0 Å². The van der Waals surface area contributed by atoms with Crippen LogP contribution in [0.1, 0.15) is 64.2 Å². The second kappa shape index (κ2) is 8.28. The van der Waals surface area contributed by atoms with E-state index in [2.05, 4.69) is 12.4 Å². The second-order valence-corrected chi connectivity index (χ2v) is 8.58. The third kappa shape index (κ3) is 4.28. The predicted octanol–water partition coefficient (Wildman–Crippen LogP) is 0.862. The van der Waals surface area contributed by atoms with Gasteiger partial charge in [-0.15, -0.1) is 0 Å². The zero-order chi connectivity index (χ0) is 16.2. The summed E-state index contributed by atoms with van der Waals surface area (Å²) in [5.74, 6) is 2.08. The number of hydrogen-bond donors (Lipinski definition) is 4. The van der Waals surface area contributed by atoms with E-state index < -0.39 is 0 Å². The van der Waals surface area contributed by atoms with Gasteiger partial charge in [-0.3, -0.25) is 0 Å². The lowest BCUT2D eigenvalue weighted by molar-refractivity contribution is -0.892. The molecule has 0 aromatic carbocycles. The maximum Gasteiger partial charge on any atom is 0.0887 e. The molecule has 7 unspecified atom stereocenters. The van der Waals surface area contributed by atoms with Crippen LogP contribution in [0.15, 0.2) is 0 Å². The number of nitrogens with two attached hydrogens (primary N) is 2. The van der Waals surface area contributed by atoms with E-state index in [9.17, 15) is 0 Å². The fourth-order valence-corrected chi connectivity index (χ4v) is 5.69. The Bertz CT molecular complexity index is 361. The Morgan fingerprint density at radius 1 is 1.04 bits per heavy atom. The molecule has 2 saturated carbocycles. The summed E-state index contributed by atoms with van der Waals surface area (Å²) in [5, 5.41) is 3.64. The molecule has 3 aliphatic rings. The van der Waals surface area contributed by atoms with Gasteiger partial charge in [-0.05, 0) is 24.7 Å². The number of hydrogen-bond acceptors (Lipinski definition) is 3. The molecule has 134 valence electrons. The van der Waals surface area contributed by atoms with Crippen molar-refractivity contribution in [2.24, 2.45) is 29.2 Å². The molecule has 0 bridgehead atoms. The van der Waals surface area contributed by atoms with Gasteiger partial charge in [-0.1, -0.05) is 32.1 Å². The fourth-order valence-electron chi connectivity index (χ4n) is 5.69. The van der Waals surface area contributed by atoms with Gasteiger partial charge in [0.1, 0.15) is 0 Å². The highest BCUT2D eigenvalue weighted by Crippen LogP contribution is 2.41.